The summed E-state index contributed by atoms with van der Waals surface area (Å²) >= 11 is 1.29. The molecule has 2 heterocycles. The fourth-order valence-corrected chi connectivity index (χ4v) is 6.57. The van der Waals surface area contributed by atoms with Gasteiger partial charge in [0.2, 0.25) is 0 Å². The molecule has 0 aromatic carbocycles. The van der Waals surface area contributed by atoms with Gasteiger partial charge < -0.3 is 15.0 Å². The van der Waals surface area contributed by atoms with Gasteiger partial charge in [-0.3, -0.25) is 4.79 Å². The molecule has 0 unspecified atom stereocenters. The van der Waals surface area contributed by atoms with Crippen LogP contribution in [0.4, 0.5) is 4.79 Å². The minimum absolute atomic E-state index is 0.0574. The molecule has 2 aliphatic rings. The lowest BCUT2D eigenvalue weighted by Gasteiger charge is -2.22. The molecule has 2 fully saturated rings. The lowest BCUT2D eigenvalue weighted by molar-refractivity contribution is -0.117. The largest absolute Gasteiger partial charge is 0.444 e. The highest BCUT2D eigenvalue weighted by atomic mass is 32.2. The third-order valence-electron chi connectivity index (χ3n) is 3.50. The highest BCUT2D eigenvalue weighted by Gasteiger charge is 2.48. The third kappa shape index (κ3) is 5.46. The molecule has 2 amide bonds. The molecule has 0 saturated carbocycles. The minimum Gasteiger partial charge on any atom is -0.444 e. The SMILES string of the molecule is C=CCN1C(=NC(=O)CNC(=O)OC(C)(C)C)S[C@H]2CS(=O)(=O)C[C@@H]21. The maximum absolute atomic E-state index is 12.0. The first kappa shape index (κ1) is 19.8. The lowest BCUT2D eigenvalue weighted by Crippen LogP contribution is -2.38. The number of sulfone groups is 1. The Labute approximate surface area is 152 Å². The first-order chi connectivity index (χ1) is 11.5. The van der Waals surface area contributed by atoms with E-state index in [1.165, 1.54) is 11.8 Å². The molecule has 140 valence electrons. The van der Waals surface area contributed by atoms with Crippen LogP contribution >= 0.6 is 11.8 Å². The Morgan fingerprint density at radius 2 is 2.12 bits per heavy atom. The molecule has 2 rings (SSSR count). The number of carbonyl (C=O) groups excluding carboxylic acids is 2. The zero-order chi connectivity index (χ0) is 18.8. The molecular formula is C15H23N3O5S2. The van der Waals surface area contributed by atoms with Crippen molar-refractivity contribution in [1.82, 2.24) is 10.2 Å². The second-order valence-corrected chi connectivity index (χ2v) is 10.2. The van der Waals surface area contributed by atoms with E-state index < -0.39 is 27.4 Å². The van der Waals surface area contributed by atoms with E-state index in [1.807, 2.05) is 0 Å². The van der Waals surface area contributed by atoms with Crippen LogP contribution in [0.5, 0.6) is 0 Å². The fraction of sp³-hybridized carbons (Fsp3) is 0.667. The highest BCUT2D eigenvalue weighted by Crippen LogP contribution is 2.37. The Bertz CT molecular complexity index is 696. The highest BCUT2D eigenvalue weighted by molar-refractivity contribution is 8.15. The number of thioether (sulfide) groups is 1. The average Bonchev–Trinajstić information content (AvgIpc) is 2.88. The summed E-state index contributed by atoms with van der Waals surface area (Å²) in [7, 11) is -3.06. The number of ether oxygens (including phenoxy) is 1. The monoisotopic (exact) mass is 389 g/mol. The van der Waals surface area contributed by atoms with E-state index in [-0.39, 0.29) is 29.3 Å². The molecule has 1 N–H and O–H groups in total. The Kier molecular flexibility index (Phi) is 5.82. The number of nitrogens with zero attached hydrogens (tertiary/aromatic N) is 2. The normalized spacial score (nSPS) is 26.4. The number of aliphatic imine (C=N–C) groups is 1. The average molecular weight is 389 g/mol. The van der Waals surface area contributed by atoms with Crippen molar-refractivity contribution in [2.45, 2.75) is 37.7 Å². The number of fused-ring (bicyclic) bond motifs is 1. The summed E-state index contributed by atoms with van der Waals surface area (Å²) < 4.78 is 28.6. The van der Waals surface area contributed by atoms with E-state index in [0.717, 1.165) is 0 Å². The maximum Gasteiger partial charge on any atom is 0.408 e. The van der Waals surface area contributed by atoms with E-state index in [0.29, 0.717) is 11.7 Å². The van der Waals surface area contributed by atoms with Crippen molar-refractivity contribution in [3.8, 4) is 0 Å². The van der Waals surface area contributed by atoms with Gasteiger partial charge in [0.05, 0.1) is 17.5 Å². The molecule has 25 heavy (non-hydrogen) atoms. The number of carbonyl (C=O) groups is 2. The molecule has 0 radical (unpaired) electrons. The van der Waals surface area contributed by atoms with Crippen LogP contribution in [0, 0.1) is 0 Å². The van der Waals surface area contributed by atoms with E-state index >= 15 is 0 Å². The molecule has 2 atom stereocenters. The van der Waals surface area contributed by atoms with Crippen molar-refractivity contribution in [3.05, 3.63) is 12.7 Å². The minimum atomic E-state index is -3.06. The quantitative estimate of drug-likeness (QED) is 0.709. The number of amides is 2. The Balaban J connectivity index is 1.98. The van der Waals surface area contributed by atoms with Crippen molar-refractivity contribution in [2.75, 3.05) is 24.6 Å². The van der Waals surface area contributed by atoms with Gasteiger partial charge in [0.1, 0.15) is 12.1 Å². The van der Waals surface area contributed by atoms with Gasteiger partial charge in [-0.05, 0) is 20.8 Å². The van der Waals surface area contributed by atoms with Gasteiger partial charge in [0, 0.05) is 11.8 Å². The number of alkyl carbamates (subject to hydrolysis) is 1. The maximum atomic E-state index is 12.0. The molecule has 8 nitrogen and oxygen atoms in total. The van der Waals surface area contributed by atoms with E-state index in [4.69, 9.17) is 4.74 Å². The number of hydrogen-bond donors (Lipinski definition) is 1. The van der Waals surface area contributed by atoms with Gasteiger partial charge in [0.15, 0.2) is 15.0 Å². The van der Waals surface area contributed by atoms with Crippen molar-refractivity contribution in [3.63, 3.8) is 0 Å². The van der Waals surface area contributed by atoms with Crippen LogP contribution < -0.4 is 5.32 Å². The van der Waals surface area contributed by atoms with Gasteiger partial charge in [0.25, 0.3) is 5.91 Å². The zero-order valence-corrected chi connectivity index (χ0v) is 16.2. The van der Waals surface area contributed by atoms with Crippen LogP contribution in [0.2, 0.25) is 0 Å². The number of amidine groups is 1. The first-order valence-corrected chi connectivity index (χ1v) is 10.5. The first-order valence-electron chi connectivity index (χ1n) is 7.84. The molecule has 10 heteroatoms. The Hall–Kier alpha value is -1.55. The molecule has 0 spiro atoms. The van der Waals surface area contributed by atoms with Crippen molar-refractivity contribution < 1.29 is 22.7 Å². The molecule has 2 saturated heterocycles. The number of rotatable bonds is 4. The molecular weight excluding hydrogens is 366 g/mol. The van der Waals surface area contributed by atoms with Gasteiger partial charge in [-0.1, -0.05) is 17.8 Å². The van der Waals surface area contributed by atoms with Crippen LogP contribution in [-0.4, -0.2) is 72.0 Å². The fourth-order valence-electron chi connectivity index (χ4n) is 2.60. The van der Waals surface area contributed by atoms with Gasteiger partial charge in [-0.25, -0.2) is 13.2 Å². The number of hydrogen-bond acceptors (Lipinski definition) is 6. The van der Waals surface area contributed by atoms with Gasteiger partial charge >= 0.3 is 6.09 Å². The summed E-state index contributed by atoms with van der Waals surface area (Å²) in [5, 5.41) is 2.71. The molecule has 0 aliphatic carbocycles. The van der Waals surface area contributed by atoms with E-state index in [2.05, 4.69) is 16.9 Å². The Morgan fingerprint density at radius 3 is 2.72 bits per heavy atom. The second-order valence-electron chi connectivity index (χ2n) is 6.89. The summed E-state index contributed by atoms with van der Waals surface area (Å²) in [5.41, 5.74) is -0.649. The summed E-state index contributed by atoms with van der Waals surface area (Å²) in [4.78, 5) is 29.4. The second kappa shape index (κ2) is 7.36. The summed E-state index contributed by atoms with van der Waals surface area (Å²) in [6.45, 7) is 8.97. The lowest BCUT2D eigenvalue weighted by atomic mass is 10.2. The zero-order valence-electron chi connectivity index (χ0n) is 14.5. The van der Waals surface area contributed by atoms with Crippen LogP contribution in [0.1, 0.15) is 20.8 Å². The van der Waals surface area contributed by atoms with Crippen LogP contribution in [0.25, 0.3) is 0 Å². The van der Waals surface area contributed by atoms with Crippen LogP contribution in [0.15, 0.2) is 17.6 Å². The molecule has 2 aliphatic heterocycles. The summed E-state index contributed by atoms with van der Waals surface area (Å²) in [6.07, 6.45) is 0.957. The molecule has 0 aromatic heterocycles. The van der Waals surface area contributed by atoms with Gasteiger partial charge in [-0.2, -0.15) is 4.99 Å². The van der Waals surface area contributed by atoms with E-state index in [1.54, 1.807) is 31.7 Å². The van der Waals surface area contributed by atoms with E-state index in [9.17, 15) is 18.0 Å². The van der Waals surface area contributed by atoms with Crippen LogP contribution in [-0.2, 0) is 19.4 Å². The van der Waals surface area contributed by atoms with Crippen molar-refractivity contribution in [1.29, 1.82) is 0 Å². The van der Waals surface area contributed by atoms with Crippen molar-refractivity contribution >= 4 is 38.8 Å². The molecule has 0 aromatic rings. The van der Waals surface area contributed by atoms with Gasteiger partial charge in [-0.15, -0.1) is 6.58 Å². The standard InChI is InChI=1S/C15H23N3O5S2/c1-5-6-18-10-8-25(21,22)9-11(10)24-13(18)17-12(19)7-16-14(20)23-15(2,3)4/h5,10-11H,1,6-9H2,2-4H3,(H,16,20)/t10-,11-/m0/s1. The predicted octanol–water partition coefficient (Wildman–Crippen LogP) is 0.794. The summed E-state index contributed by atoms with van der Waals surface area (Å²) in [6, 6.07) is -0.196. The smallest absolute Gasteiger partial charge is 0.408 e. The van der Waals surface area contributed by atoms with Crippen LogP contribution in [0.3, 0.4) is 0 Å². The van der Waals surface area contributed by atoms with Crippen molar-refractivity contribution in [2.24, 2.45) is 4.99 Å². The topological polar surface area (TPSA) is 105 Å². The number of nitrogens with one attached hydrogen (secondary N) is 1. The Morgan fingerprint density at radius 1 is 1.44 bits per heavy atom. The summed E-state index contributed by atoms with van der Waals surface area (Å²) in [5.74, 6) is -0.383. The predicted molar refractivity (Wildman–Crippen MR) is 97.4 cm³/mol. The molecule has 0 bridgehead atoms. The third-order valence-corrected chi connectivity index (χ3v) is 6.75.